The van der Waals surface area contributed by atoms with Gasteiger partial charge >= 0.3 is 0 Å². The Balaban J connectivity index is 0.00000243. The second-order valence-corrected chi connectivity index (χ2v) is 6.49. The standard InChI is InChI=1S/C19H28N4O2.HI/c1-2-20-19(21-13-16-9-6-12-25-16)22-14-18(24)23-11-5-8-15-7-3-4-10-17(15)23;/h3-4,7,10,16H,2,5-6,8-9,11-14H2,1H3,(H2,20,21,22);1H. The van der Waals surface area contributed by atoms with Crippen molar-refractivity contribution in [3.05, 3.63) is 29.8 Å². The monoisotopic (exact) mass is 472 g/mol. The molecular formula is C19H29IN4O2. The number of carbonyl (C=O) groups excluding carboxylic acids is 1. The molecule has 1 saturated heterocycles. The molecule has 0 radical (unpaired) electrons. The molecule has 1 atom stereocenters. The van der Waals surface area contributed by atoms with Crippen molar-refractivity contribution in [2.75, 3.05) is 37.7 Å². The molecule has 0 saturated carbocycles. The second kappa shape index (κ2) is 10.7. The van der Waals surface area contributed by atoms with Gasteiger partial charge in [-0.25, -0.2) is 4.99 Å². The van der Waals surface area contributed by atoms with Crippen LogP contribution in [0, 0.1) is 0 Å². The van der Waals surface area contributed by atoms with Gasteiger partial charge in [-0.05, 0) is 44.2 Å². The van der Waals surface area contributed by atoms with Crippen molar-refractivity contribution >= 4 is 41.5 Å². The maximum Gasteiger partial charge on any atom is 0.248 e. The van der Waals surface area contributed by atoms with Crippen LogP contribution >= 0.6 is 24.0 Å². The zero-order chi connectivity index (χ0) is 17.5. The summed E-state index contributed by atoms with van der Waals surface area (Å²) < 4.78 is 5.62. The SMILES string of the molecule is CCNC(=NCC(=O)N1CCCc2ccccc21)NCC1CCCO1.I. The lowest BCUT2D eigenvalue weighted by Gasteiger charge is -2.29. The van der Waals surface area contributed by atoms with E-state index >= 15 is 0 Å². The van der Waals surface area contributed by atoms with Crippen molar-refractivity contribution in [3.63, 3.8) is 0 Å². The highest BCUT2D eigenvalue weighted by atomic mass is 127. The molecule has 2 heterocycles. The number of carbonyl (C=O) groups is 1. The number of nitrogens with one attached hydrogen (secondary N) is 2. The molecule has 1 amide bonds. The number of rotatable bonds is 5. The zero-order valence-corrected chi connectivity index (χ0v) is 17.7. The first kappa shape index (κ1) is 21.0. The lowest BCUT2D eigenvalue weighted by atomic mass is 10.0. The second-order valence-electron chi connectivity index (χ2n) is 6.49. The number of para-hydroxylation sites is 1. The highest BCUT2D eigenvalue weighted by Crippen LogP contribution is 2.26. The van der Waals surface area contributed by atoms with E-state index in [1.165, 1.54) is 5.56 Å². The van der Waals surface area contributed by atoms with E-state index in [4.69, 9.17) is 4.74 Å². The summed E-state index contributed by atoms with van der Waals surface area (Å²) in [6.07, 6.45) is 4.48. The maximum atomic E-state index is 12.7. The molecule has 2 N–H and O–H groups in total. The molecule has 1 aromatic carbocycles. The quantitative estimate of drug-likeness (QED) is 0.392. The molecule has 7 heteroatoms. The van der Waals surface area contributed by atoms with Crippen molar-refractivity contribution in [2.45, 2.75) is 38.7 Å². The number of hydrogen-bond acceptors (Lipinski definition) is 3. The van der Waals surface area contributed by atoms with Crippen LogP contribution in [-0.4, -0.2) is 50.8 Å². The van der Waals surface area contributed by atoms with Gasteiger partial charge in [-0.15, -0.1) is 24.0 Å². The highest BCUT2D eigenvalue weighted by molar-refractivity contribution is 14.0. The average molecular weight is 472 g/mol. The van der Waals surface area contributed by atoms with Crippen molar-refractivity contribution < 1.29 is 9.53 Å². The Morgan fingerprint density at radius 3 is 2.92 bits per heavy atom. The molecule has 1 fully saturated rings. The van der Waals surface area contributed by atoms with Gasteiger partial charge in [-0.2, -0.15) is 0 Å². The average Bonchev–Trinajstić information content (AvgIpc) is 3.17. The number of nitrogens with zero attached hydrogens (tertiary/aromatic N) is 2. The van der Waals surface area contributed by atoms with Crippen LogP contribution in [-0.2, 0) is 16.0 Å². The Hall–Kier alpha value is -1.35. The van der Waals surface area contributed by atoms with E-state index in [0.717, 1.165) is 57.6 Å². The summed E-state index contributed by atoms with van der Waals surface area (Å²) >= 11 is 0. The Morgan fingerprint density at radius 2 is 2.15 bits per heavy atom. The van der Waals surface area contributed by atoms with Crippen molar-refractivity contribution in [2.24, 2.45) is 4.99 Å². The summed E-state index contributed by atoms with van der Waals surface area (Å²) in [5, 5.41) is 6.48. The molecule has 2 aliphatic heterocycles. The van der Waals surface area contributed by atoms with E-state index in [9.17, 15) is 4.79 Å². The summed E-state index contributed by atoms with van der Waals surface area (Å²) in [7, 11) is 0. The molecule has 0 bridgehead atoms. The van der Waals surface area contributed by atoms with Crippen LogP contribution in [0.25, 0.3) is 0 Å². The van der Waals surface area contributed by atoms with Crippen LogP contribution in [0.3, 0.4) is 0 Å². The van der Waals surface area contributed by atoms with Gasteiger partial charge in [-0.1, -0.05) is 18.2 Å². The molecule has 0 aromatic heterocycles. The number of halogens is 1. The van der Waals surface area contributed by atoms with Crippen LogP contribution in [0.2, 0.25) is 0 Å². The molecule has 6 nitrogen and oxygen atoms in total. The van der Waals surface area contributed by atoms with E-state index in [2.05, 4.69) is 21.7 Å². The fourth-order valence-electron chi connectivity index (χ4n) is 3.38. The van der Waals surface area contributed by atoms with Crippen LogP contribution in [0.15, 0.2) is 29.3 Å². The smallest absolute Gasteiger partial charge is 0.248 e. The van der Waals surface area contributed by atoms with Gasteiger partial charge in [0.2, 0.25) is 5.91 Å². The minimum Gasteiger partial charge on any atom is -0.376 e. The predicted molar refractivity (Wildman–Crippen MR) is 115 cm³/mol. The number of amides is 1. The number of ether oxygens (including phenoxy) is 1. The summed E-state index contributed by atoms with van der Waals surface area (Å²) in [6.45, 7) is 5.27. The molecule has 1 unspecified atom stereocenters. The summed E-state index contributed by atoms with van der Waals surface area (Å²) in [6, 6.07) is 8.15. The van der Waals surface area contributed by atoms with Crippen molar-refractivity contribution in [1.82, 2.24) is 10.6 Å². The van der Waals surface area contributed by atoms with E-state index in [1.54, 1.807) is 0 Å². The maximum absolute atomic E-state index is 12.7. The van der Waals surface area contributed by atoms with Crippen LogP contribution in [0.1, 0.15) is 31.7 Å². The fraction of sp³-hybridized carbons (Fsp3) is 0.579. The van der Waals surface area contributed by atoms with E-state index in [0.29, 0.717) is 5.96 Å². The minimum absolute atomic E-state index is 0. The lowest BCUT2D eigenvalue weighted by Crippen LogP contribution is -2.42. The number of hydrogen-bond donors (Lipinski definition) is 2. The summed E-state index contributed by atoms with van der Waals surface area (Å²) in [4.78, 5) is 19.0. The molecule has 0 spiro atoms. The molecule has 1 aromatic rings. The van der Waals surface area contributed by atoms with E-state index < -0.39 is 0 Å². The minimum atomic E-state index is 0. The Morgan fingerprint density at radius 1 is 1.31 bits per heavy atom. The molecule has 2 aliphatic rings. The third-order valence-electron chi connectivity index (χ3n) is 4.65. The van der Waals surface area contributed by atoms with Gasteiger partial charge in [0.15, 0.2) is 5.96 Å². The first-order valence-electron chi connectivity index (χ1n) is 9.30. The summed E-state index contributed by atoms with van der Waals surface area (Å²) in [5.74, 6) is 0.720. The van der Waals surface area contributed by atoms with Crippen molar-refractivity contribution in [1.29, 1.82) is 0 Å². The normalized spacial score (nSPS) is 19.5. The number of aliphatic imine (C=N–C) groups is 1. The van der Waals surface area contributed by atoms with E-state index in [-0.39, 0.29) is 42.5 Å². The van der Waals surface area contributed by atoms with Gasteiger partial charge in [0, 0.05) is 31.9 Å². The number of aryl methyl sites for hydroxylation is 1. The topological polar surface area (TPSA) is 66.0 Å². The van der Waals surface area contributed by atoms with Crippen molar-refractivity contribution in [3.8, 4) is 0 Å². The number of anilines is 1. The first-order chi connectivity index (χ1) is 12.3. The molecule has 0 aliphatic carbocycles. The predicted octanol–water partition coefficient (Wildman–Crippen LogP) is 2.32. The van der Waals surface area contributed by atoms with Gasteiger partial charge in [0.25, 0.3) is 0 Å². The van der Waals surface area contributed by atoms with Crippen LogP contribution in [0.4, 0.5) is 5.69 Å². The number of benzene rings is 1. The van der Waals surface area contributed by atoms with Gasteiger partial charge in [-0.3, -0.25) is 4.79 Å². The van der Waals surface area contributed by atoms with Gasteiger partial charge in [0.1, 0.15) is 6.54 Å². The Kier molecular flexibility index (Phi) is 8.64. The Labute approximate surface area is 172 Å². The largest absolute Gasteiger partial charge is 0.376 e. The van der Waals surface area contributed by atoms with Gasteiger partial charge < -0.3 is 20.3 Å². The third kappa shape index (κ3) is 5.57. The van der Waals surface area contributed by atoms with Crippen LogP contribution in [0.5, 0.6) is 0 Å². The molecule has 144 valence electrons. The third-order valence-corrected chi connectivity index (χ3v) is 4.65. The molecule has 3 rings (SSSR count). The number of guanidine groups is 1. The highest BCUT2D eigenvalue weighted by Gasteiger charge is 2.22. The Bertz CT molecular complexity index is 617. The first-order valence-corrected chi connectivity index (χ1v) is 9.30. The lowest BCUT2D eigenvalue weighted by molar-refractivity contribution is -0.117. The van der Waals surface area contributed by atoms with Crippen LogP contribution < -0.4 is 15.5 Å². The molecular weight excluding hydrogens is 443 g/mol. The van der Waals surface area contributed by atoms with E-state index in [1.807, 2.05) is 30.0 Å². The zero-order valence-electron chi connectivity index (χ0n) is 15.4. The number of fused-ring (bicyclic) bond motifs is 1. The van der Waals surface area contributed by atoms with Gasteiger partial charge in [0.05, 0.1) is 6.10 Å². The summed E-state index contributed by atoms with van der Waals surface area (Å²) in [5.41, 5.74) is 2.28. The fourth-order valence-corrected chi connectivity index (χ4v) is 3.38. The molecule has 26 heavy (non-hydrogen) atoms.